The zero-order chi connectivity index (χ0) is 13.0. The van der Waals surface area contributed by atoms with Crippen molar-refractivity contribution in [3.8, 4) is 0 Å². The fourth-order valence-corrected chi connectivity index (χ4v) is 2.06. The molecule has 0 aliphatic carbocycles. The topological polar surface area (TPSA) is 3.24 Å². The van der Waals surface area contributed by atoms with Gasteiger partial charge in [0.05, 0.1) is 0 Å². The van der Waals surface area contributed by atoms with Crippen LogP contribution in [-0.2, 0) is 0 Å². The lowest BCUT2D eigenvalue weighted by Gasteiger charge is -2.14. The third kappa shape index (κ3) is 2.62. The van der Waals surface area contributed by atoms with Crippen molar-refractivity contribution in [3.63, 3.8) is 0 Å². The summed E-state index contributed by atoms with van der Waals surface area (Å²) in [6, 6.07) is 19.2. The molecule has 2 rings (SSSR count). The number of allylic oxidation sites excluding steroid dienone is 1. The van der Waals surface area contributed by atoms with Crippen LogP contribution < -0.4 is 4.90 Å². The summed E-state index contributed by atoms with van der Waals surface area (Å²) >= 11 is 0. The number of anilines is 1. The van der Waals surface area contributed by atoms with E-state index < -0.39 is 0 Å². The molecule has 1 heteroatoms. The SMILES string of the molecule is CC=C(c1ccccc1)c1ccc(N(C)C)cc1. The van der Waals surface area contributed by atoms with E-state index in [1.165, 1.54) is 22.4 Å². The molecule has 18 heavy (non-hydrogen) atoms. The Morgan fingerprint density at radius 1 is 0.833 bits per heavy atom. The van der Waals surface area contributed by atoms with E-state index in [1.807, 2.05) is 6.07 Å². The van der Waals surface area contributed by atoms with Crippen molar-refractivity contribution in [2.75, 3.05) is 19.0 Å². The van der Waals surface area contributed by atoms with Crippen LogP contribution in [0, 0.1) is 0 Å². The minimum Gasteiger partial charge on any atom is -0.378 e. The van der Waals surface area contributed by atoms with Crippen molar-refractivity contribution in [1.82, 2.24) is 0 Å². The smallest absolute Gasteiger partial charge is 0.0361 e. The second-order valence-electron chi connectivity index (χ2n) is 4.51. The average Bonchev–Trinajstić information content (AvgIpc) is 2.41. The molecule has 0 heterocycles. The second-order valence-corrected chi connectivity index (χ2v) is 4.51. The van der Waals surface area contributed by atoms with Gasteiger partial charge in [-0.2, -0.15) is 0 Å². The standard InChI is InChI=1S/C17H19N/c1-4-17(14-8-6-5-7-9-14)15-10-12-16(13-11-15)18(2)3/h4-13H,1-3H3. The Bertz CT molecular complexity index is 521. The first kappa shape index (κ1) is 12.4. The summed E-state index contributed by atoms with van der Waals surface area (Å²) in [5.74, 6) is 0. The highest BCUT2D eigenvalue weighted by molar-refractivity contribution is 5.80. The van der Waals surface area contributed by atoms with Crippen molar-refractivity contribution >= 4 is 11.3 Å². The maximum absolute atomic E-state index is 2.18. The van der Waals surface area contributed by atoms with Gasteiger partial charge in [-0.1, -0.05) is 48.5 Å². The van der Waals surface area contributed by atoms with Gasteiger partial charge in [-0.25, -0.2) is 0 Å². The summed E-state index contributed by atoms with van der Waals surface area (Å²) in [4.78, 5) is 2.11. The van der Waals surface area contributed by atoms with E-state index in [-0.39, 0.29) is 0 Å². The highest BCUT2D eigenvalue weighted by atomic mass is 15.1. The molecule has 0 amide bonds. The maximum Gasteiger partial charge on any atom is 0.0361 e. The Morgan fingerprint density at radius 3 is 1.89 bits per heavy atom. The van der Waals surface area contributed by atoms with Gasteiger partial charge < -0.3 is 4.90 Å². The summed E-state index contributed by atoms with van der Waals surface area (Å²) in [6.45, 7) is 2.09. The van der Waals surface area contributed by atoms with Gasteiger partial charge in [0.2, 0.25) is 0 Å². The number of hydrogen-bond donors (Lipinski definition) is 0. The fourth-order valence-electron chi connectivity index (χ4n) is 2.06. The summed E-state index contributed by atoms with van der Waals surface area (Å²) < 4.78 is 0. The van der Waals surface area contributed by atoms with E-state index >= 15 is 0 Å². The van der Waals surface area contributed by atoms with Crippen molar-refractivity contribution in [1.29, 1.82) is 0 Å². The van der Waals surface area contributed by atoms with Gasteiger partial charge in [0.15, 0.2) is 0 Å². The molecule has 0 bridgehead atoms. The Balaban J connectivity index is 2.35. The largest absolute Gasteiger partial charge is 0.378 e. The lowest BCUT2D eigenvalue weighted by molar-refractivity contribution is 1.13. The summed E-state index contributed by atoms with van der Waals surface area (Å²) in [5.41, 5.74) is 5.02. The van der Waals surface area contributed by atoms with Gasteiger partial charge in [-0.15, -0.1) is 0 Å². The van der Waals surface area contributed by atoms with Gasteiger partial charge in [-0.05, 0) is 35.8 Å². The third-order valence-electron chi connectivity index (χ3n) is 3.07. The van der Waals surface area contributed by atoms with Crippen molar-refractivity contribution in [3.05, 3.63) is 71.8 Å². The monoisotopic (exact) mass is 237 g/mol. The Kier molecular flexibility index (Phi) is 3.83. The van der Waals surface area contributed by atoms with Crippen LogP contribution in [0.3, 0.4) is 0 Å². The highest BCUT2D eigenvalue weighted by Crippen LogP contribution is 2.24. The molecule has 0 saturated heterocycles. The minimum absolute atomic E-state index is 1.22. The maximum atomic E-state index is 2.18. The van der Waals surface area contributed by atoms with E-state index in [0.717, 1.165) is 0 Å². The van der Waals surface area contributed by atoms with Crippen molar-refractivity contribution in [2.24, 2.45) is 0 Å². The molecule has 0 saturated carbocycles. The van der Waals surface area contributed by atoms with Gasteiger partial charge >= 0.3 is 0 Å². The molecule has 2 aromatic carbocycles. The number of rotatable bonds is 3. The molecule has 0 aliphatic heterocycles. The van der Waals surface area contributed by atoms with Gasteiger partial charge in [0.1, 0.15) is 0 Å². The normalized spacial score (nSPS) is 11.4. The first-order chi connectivity index (χ1) is 8.72. The molecule has 0 aromatic heterocycles. The van der Waals surface area contributed by atoms with Crippen LogP contribution in [-0.4, -0.2) is 14.1 Å². The van der Waals surface area contributed by atoms with Crippen molar-refractivity contribution < 1.29 is 0 Å². The van der Waals surface area contributed by atoms with E-state index in [1.54, 1.807) is 0 Å². The van der Waals surface area contributed by atoms with Crippen LogP contribution >= 0.6 is 0 Å². The predicted molar refractivity (Wildman–Crippen MR) is 80.0 cm³/mol. The quantitative estimate of drug-likeness (QED) is 0.773. The molecule has 0 radical (unpaired) electrons. The molecule has 0 N–H and O–H groups in total. The molecule has 1 nitrogen and oxygen atoms in total. The molecule has 0 unspecified atom stereocenters. The van der Waals surface area contributed by atoms with Crippen LogP contribution in [0.1, 0.15) is 18.1 Å². The van der Waals surface area contributed by atoms with Crippen LogP contribution in [0.5, 0.6) is 0 Å². The molecule has 0 aliphatic rings. The Morgan fingerprint density at radius 2 is 1.39 bits per heavy atom. The zero-order valence-corrected chi connectivity index (χ0v) is 11.2. The zero-order valence-electron chi connectivity index (χ0n) is 11.2. The Labute approximate surface area is 109 Å². The second kappa shape index (κ2) is 5.54. The van der Waals surface area contributed by atoms with E-state index in [0.29, 0.717) is 0 Å². The first-order valence-corrected chi connectivity index (χ1v) is 6.22. The van der Waals surface area contributed by atoms with Gasteiger partial charge in [-0.3, -0.25) is 0 Å². The molecular weight excluding hydrogens is 218 g/mol. The molecule has 0 fully saturated rings. The van der Waals surface area contributed by atoms with E-state index in [9.17, 15) is 0 Å². The number of nitrogens with zero attached hydrogens (tertiary/aromatic N) is 1. The first-order valence-electron chi connectivity index (χ1n) is 6.22. The van der Waals surface area contributed by atoms with Crippen LogP contribution in [0.15, 0.2) is 60.7 Å². The van der Waals surface area contributed by atoms with Crippen LogP contribution in [0.25, 0.3) is 5.57 Å². The fraction of sp³-hybridized carbons (Fsp3) is 0.176. The summed E-state index contributed by atoms with van der Waals surface area (Å²) in [6.07, 6.45) is 2.17. The summed E-state index contributed by atoms with van der Waals surface area (Å²) in [5, 5.41) is 0. The average molecular weight is 237 g/mol. The lowest BCUT2D eigenvalue weighted by atomic mass is 9.97. The minimum atomic E-state index is 1.22. The predicted octanol–water partition coefficient (Wildman–Crippen LogP) is 4.20. The van der Waals surface area contributed by atoms with Crippen LogP contribution in [0.2, 0.25) is 0 Å². The lowest BCUT2D eigenvalue weighted by Crippen LogP contribution is -2.08. The van der Waals surface area contributed by atoms with Crippen LogP contribution in [0.4, 0.5) is 5.69 Å². The molecular formula is C17H19N. The number of benzene rings is 2. The molecule has 92 valence electrons. The third-order valence-corrected chi connectivity index (χ3v) is 3.07. The molecule has 2 aromatic rings. The van der Waals surface area contributed by atoms with Crippen molar-refractivity contribution in [2.45, 2.75) is 6.92 Å². The van der Waals surface area contributed by atoms with E-state index in [4.69, 9.17) is 0 Å². The van der Waals surface area contributed by atoms with Gasteiger partial charge in [0.25, 0.3) is 0 Å². The van der Waals surface area contributed by atoms with E-state index in [2.05, 4.69) is 80.5 Å². The highest BCUT2D eigenvalue weighted by Gasteiger charge is 2.03. The Hall–Kier alpha value is -2.02. The van der Waals surface area contributed by atoms with Gasteiger partial charge in [0, 0.05) is 19.8 Å². The summed E-state index contributed by atoms with van der Waals surface area (Å²) in [7, 11) is 4.12. The molecule has 0 atom stereocenters. The number of hydrogen-bond acceptors (Lipinski definition) is 1. The molecule has 0 spiro atoms.